The van der Waals surface area contributed by atoms with Gasteiger partial charge in [-0.15, -0.1) is 0 Å². The lowest BCUT2D eigenvalue weighted by atomic mass is 10.2. The van der Waals surface area contributed by atoms with Crippen LogP contribution in [0, 0.1) is 0 Å². The molecule has 3 rings (SSSR count). The van der Waals surface area contributed by atoms with Gasteiger partial charge in [0.05, 0.1) is 11.0 Å². The van der Waals surface area contributed by atoms with Crippen molar-refractivity contribution in [3.8, 4) is 0 Å². The van der Waals surface area contributed by atoms with E-state index in [1.165, 1.54) is 5.52 Å². The summed E-state index contributed by atoms with van der Waals surface area (Å²) >= 11 is 0. The van der Waals surface area contributed by atoms with Gasteiger partial charge in [0.15, 0.2) is 0 Å². The van der Waals surface area contributed by atoms with Gasteiger partial charge < -0.3 is 15.2 Å². The summed E-state index contributed by atoms with van der Waals surface area (Å²) in [4.78, 5) is 9.60. The van der Waals surface area contributed by atoms with E-state index < -0.39 is 0 Å². The van der Waals surface area contributed by atoms with Crippen LogP contribution < -0.4 is 10.6 Å². The fourth-order valence-electron chi connectivity index (χ4n) is 2.93. The molecule has 20 heavy (non-hydrogen) atoms. The molecule has 2 heterocycles. The number of aryl methyl sites for hydroxylation is 1. The summed E-state index contributed by atoms with van der Waals surface area (Å²) < 4.78 is 2.19. The molecule has 0 spiro atoms. The molecule has 0 amide bonds. The molecule has 0 aliphatic carbocycles. The molecular formula is C15H23N5. The van der Waals surface area contributed by atoms with Crippen LogP contribution in [0.3, 0.4) is 0 Å². The molecule has 2 aromatic rings. The van der Waals surface area contributed by atoms with Gasteiger partial charge in [0.25, 0.3) is 0 Å². The van der Waals surface area contributed by atoms with E-state index in [2.05, 4.69) is 46.5 Å². The molecule has 2 N–H and O–H groups in total. The highest BCUT2D eigenvalue weighted by atomic mass is 15.4. The number of fused-ring (bicyclic) bond motifs is 1. The number of aromatic nitrogens is 2. The second-order valence-electron chi connectivity index (χ2n) is 5.57. The van der Waals surface area contributed by atoms with Gasteiger partial charge >= 0.3 is 0 Å². The monoisotopic (exact) mass is 273 g/mol. The molecule has 5 nitrogen and oxygen atoms in total. The van der Waals surface area contributed by atoms with Crippen molar-refractivity contribution in [1.82, 2.24) is 14.5 Å². The van der Waals surface area contributed by atoms with E-state index in [4.69, 9.17) is 10.7 Å². The molecule has 108 valence electrons. The lowest BCUT2D eigenvalue weighted by Gasteiger charge is -2.38. The van der Waals surface area contributed by atoms with Crippen molar-refractivity contribution in [2.24, 2.45) is 12.8 Å². The second-order valence-corrected chi connectivity index (χ2v) is 5.57. The van der Waals surface area contributed by atoms with Gasteiger partial charge in [-0.25, -0.2) is 4.98 Å². The lowest BCUT2D eigenvalue weighted by Crippen LogP contribution is -2.51. The Hall–Kier alpha value is -1.59. The average molecular weight is 273 g/mol. The van der Waals surface area contributed by atoms with E-state index >= 15 is 0 Å². The molecule has 1 atom stereocenters. The fourth-order valence-corrected chi connectivity index (χ4v) is 2.93. The number of imidazole rings is 1. The van der Waals surface area contributed by atoms with Gasteiger partial charge in [-0.1, -0.05) is 12.1 Å². The third kappa shape index (κ3) is 2.27. The smallest absolute Gasteiger partial charge is 0.206 e. The maximum absolute atomic E-state index is 5.75. The van der Waals surface area contributed by atoms with Crippen LogP contribution in [0.2, 0.25) is 0 Å². The summed E-state index contributed by atoms with van der Waals surface area (Å²) in [7, 11) is 2.10. The minimum Gasteiger partial charge on any atom is -0.340 e. The fraction of sp³-hybridized carbons (Fsp3) is 0.533. The number of para-hydroxylation sites is 2. The van der Waals surface area contributed by atoms with Gasteiger partial charge in [-0.2, -0.15) is 0 Å². The van der Waals surface area contributed by atoms with Crippen molar-refractivity contribution < 1.29 is 0 Å². The van der Waals surface area contributed by atoms with Crippen molar-refractivity contribution in [1.29, 1.82) is 0 Å². The zero-order valence-electron chi connectivity index (χ0n) is 12.3. The number of anilines is 1. The molecule has 1 fully saturated rings. The summed E-state index contributed by atoms with van der Waals surface area (Å²) in [6, 6.07) is 8.77. The van der Waals surface area contributed by atoms with Crippen molar-refractivity contribution in [3.05, 3.63) is 24.3 Å². The number of rotatable bonds is 3. The Morgan fingerprint density at radius 1 is 1.20 bits per heavy atom. The minimum atomic E-state index is 0.470. The molecule has 1 aliphatic rings. The molecule has 1 unspecified atom stereocenters. The van der Waals surface area contributed by atoms with Gasteiger partial charge in [0.2, 0.25) is 5.95 Å². The quantitative estimate of drug-likeness (QED) is 0.908. The van der Waals surface area contributed by atoms with E-state index in [-0.39, 0.29) is 0 Å². The SMILES string of the molecule is CC(CN)N1CCN(c2nc3ccccc3n2C)CC1. The van der Waals surface area contributed by atoms with Crippen LogP contribution in [-0.4, -0.2) is 53.2 Å². The first-order valence-electron chi connectivity index (χ1n) is 7.31. The standard InChI is InChI=1S/C15H23N5/c1-12(11-16)19-7-9-20(10-8-19)15-17-13-5-3-4-6-14(13)18(15)2/h3-6,12H,7-11,16H2,1-2H3. The van der Waals surface area contributed by atoms with Gasteiger partial charge in [-0.3, -0.25) is 4.90 Å². The van der Waals surface area contributed by atoms with Gasteiger partial charge in [-0.05, 0) is 19.1 Å². The molecular weight excluding hydrogens is 250 g/mol. The Kier molecular flexibility index (Phi) is 3.63. The molecule has 1 aromatic carbocycles. The minimum absolute atomic E-state index is 0.470. The normalized spacial score (nSPS) is 18.6. The van der Waals surface area contributed by atoms with E-state index in [1.807, 2.05) is 6.07 Å². The Bertz CT molecular complexity index is 583. The number of hydrogen-bond donors (Lipinski definition) is 1. The Balaban J connectivity index is 1.78. The van der Waals surface area contributed by atoms with Crippen LogP contribution in [0.15, 0.2) is 24.3 Å². The first kappa shape index (κ1) is 13.4. The maximum Gasteiger partial charge on any atom is 0.206 e. The molecule has 0 saturated carbocycles. The van der Waals surface area contributed by atoms with Crippen LogP contribution >= 0.6 is 0 Å². The van der Waals surface area contributed by atoms with Crippen LogP contribution in [-0.2, 0) is 7.05 Å². The van der Waals surface area contributed by atoms with Crippen molar-refractivity contribution >= 4 is 17.0 Å². The maximum atomic E-state index is 5.75. The second kappa shape index (κ2) is 5.42. The molecule has 1 aromatic heterocycles. The van der Waals surface area contributed by atoms with Gasteiger partial charge in [0.1, 0.15) is 0 Å². The van der Waals surface area contributed by atoms with Crippen LogP contribution in [0.4, 0.5) is 5.95 Å². The summed E-state index contributed by atoms with van der Waals surface area (Å²) in [5.74, 6) is 1.08. The lowest BCUT2D eigenvalue weighted by molar-refractivity contribution is 0.200. The predicted molar refractivity (Wildman–Crippen MR) is 83.0 cm³/mol. The van der Waals surface area contributed by atoms with E-state index in [1.54, 1.807) is 0 Å². The van der Waals surface area contributed by atoms with E-state index in [9.17, 15) is 0 Å². The predicted octanol–water partition coefficient (Wildman–Crippen LogP) is 1.04. The third-order valence-electron chi connectivity index (χ3n) is 4.33. The summed E-state index contributed by atoms with van der Waals surface area (Å²) in [6.07, 6.45) is 0. The number of nitrogens with two attached hydrogens (primary N) is 1. The Labute approximate surface area is 120 Å². The van der Waals surface area contributed by atoms with Crippen LogP contribution in [0.5, 0.6) is 0 Å². The van der Waals surface area contributed by atoms with Crippen LogP contribution in [0.25, 0.3) is 11.0 Å². The molecule has 5 heteroatoms. The first-order chi connectivity index (χ1) is 9.70. The zero-order valence-corrected chi connectivity index (χ0v) is 12.3. The molecule has 1 saturated heterocycles. The van der Waals surface area contributed by atoms with Crippen molar-refractivity contribution in [2.75, 3.05) is 37.6 Å². The first-order valence-corrected chi connectivity index (χ1v) is 7.31. The van der Waals surface area contributed by atoms with Gasteiger partial charge in [0, 0.05) is 45.8 Å². The summed E-state index contributed by atoms with van der Waals surface area (Å²) in [5.41, 5.74) is 8.02. The largest absolute Gasteiger partial charge is 0.340 e. The highest BCUT2D eigenvalue weighted by Gasteiger charge is 2.23. The Morgan fingerprint density at radius 3 is 2.55 bits per heavy atom. The van der Waals surface area contributed by atoms with E-state index in [0.717, 1.165) is 44.2 Å². The Morgan fingerprint density at radius 2 is 1.90 bits per heavy atom. The number of nitrogens with zero attached hydrogens (tertiary/aromatic N) is 4. The topological polar surface area (TPSA) is 50.3 Å². The van der Waals surface area contributed by atoms with Crippen molar-refractivity contribution in [2.45, 2.75) is 13.0 Å². The summed E-state index contributed by atoms with van der Waals surface area (Å²) in [6.45, 7) is 7.07. The zero-order chi connectivity index (χ0) is 14.1. The highest BCUT2D eigenvalue weighted by molar-refractivity contribution is 5.78. The number of benzene rings is 1. The highest BCUT2D eigenvalue weighted by Crippen LogP contribution is 2.22. The molecule has 1 aliphatic heterocycles. The third-order valence-corrected chi connectivity index (χ3v) is 4.33. The average Bonchev–Trinajstić information content (AvgIpc) is 2.84. The van der Waals surface area contributed by atoms with Crippen molar-refractivity contribution in [3.63, 3.8) is 0 Å². The van der Waals surface area contributed by atoms with Crippen LogP contribution in [0.1, 0.15) is 6.92 Å². The van der Waals surface area contributed by atoms with E-state index in [0.29, 0.717) is 6.04 Å². The summed E-state index contributed by atoms with van der Waals surface area (Å²) in [5, 5.41) is 0. The number of hydrogen-bond acceptors (Lipinski definition) is 4. The molecule has 0 radical (unpaired) electrons. The number of piperazine rings is 1. The molecule has 0 bridgehead atoms.